The lowest BCUT2D eigenvalue weighted by atomic mass is 10.1. The number of nitrogens with one attached hydrogen (secondary N) is 1. The summed E-state index contributed by atoms with van der Waals surface area (Å²) in [6.45, 7) is 9.20. The van der Waals surface area contributed by atoms with Crippen LogP contribution in [0.4, 0.5) is 0 Å². The van der Waals surface area contributed by atoms with Crippen molar-refractivity contribution in [3.63, 3.8) is 0 Å². The SMILES string of the molecule is CC(C)(C)NC(=O)CN1CCC(CN)C1. The average molecular weight is 213 g/mol. The van der Waals surface area contributed by atoms with Crippen molar-refractivity contribution in [1.82, 2.24) is 10.2 Å². The highest BCUT2D eigenvalue weighted by atomic mass is 16.2. The van der Waals surface area contributed by atoms with Crippen molar-refractivity contribution in [2.45, 2.75) is 32.7 Å². The third-order valence-corrected chi connectivity index (χ3v) is 2.58. The van der Waals surface area contributed by atoms with Crippen molar-refractivity contribution < 1.29 is 4.79 Å². The molecule has 0 spiro atoms. The predicted octanol–water partition coefficient (Wildman–Crippen LogP) is 0.182. The number of hydrogen-bond acceptors (Lipinski definition) is 3. The highest BCUT2D eigenvalue weighted by Crippen LogP contribution is 2.14. The lowest BCUT2D eigenvalue weighted by Gasteiger charge is -2.23. The summed E-state index contributed by atoms with van der Waals surface area (Å²) in [5.41, 5.74) is 5.47. The van der Waals surface area contributed by atoms with Gasteiger partial charge in [-0.3, -0.25) is 9.69 Å². The molecule has 1 aliphatic rings. The number of nitrogens with two attached hydrogens (primary N) is 1. The quantitative estimate of drug-likeness (QED) is 0.703. The Morgan fingerprint density at radius 2 is 2.20 bits per heavy atom. The fourth-order valence-electron chi connectivity index (χ4n) is 1.91. The molecule has 0 radical (unpaired) electrons. The zero-order valence-electron chi connectivity index (χ0n) is 10.0. The minimum atomic E-state index is -0.135. The van der Waals surface area contributed by atoms with Gasteiger partial charge in [-0.1, -0.05) is 0 Å². The van der Waals surface area contributed by atoms with Crippen LogP contribution in [-0.4, -0.2) is 42.5 Å². The largest absolute Gasteiger partial charge is 0.350 e. The summed E-state index contributed by atoms with van der Waals surface area (Å²) >= 11 is 0. The van der Waals surface area contributed by atoms with E-state index in [0.717, 1.165) is 26.1 Å². The van der Waals surface area contributed by atoms with Gasteiger partial charge in [0.1, 0.15) is 0 Å². The zero-order valence-corrected chi connectivity index (χ0v) is 10.0. The van der Waals surface area contributed by atoms with E-state index in [0.29, 0.717) is 12.5 Å². The van der Waals surface area contributed by atoms with Crippen LogP contribution in [0.5, 0.6) is 0 Å². The fourth-order valence-corrected chi connectivity index (χ4v) is 1.91. The first-order chi connectivity index (χ1) is 6.90. The lowest BCUT2D eigenvalue weighted by Crippen LogP contribution is -2.45. The third kappa shape index (κ3) is 4.62. The Kier molecular flexibility index (Phi) is 4.11. The smallest absolute Gasteiger partial charge is 0.234 e. The predicted molar refractivity (Wildman–Crippen MR) is 61.5 cm³/mol. The third-order valence-electron chi connectivity index (χ3n) is 2.58. The first-order valence-electron chi connectivity index (χ1n) is 5.64. The van der Waals surface area contributed by atoms with Crippen LogP contribution in [0, 0.1) is 5.92 Å². The highest BCUT2D eigenvalue weighted by Gasteiger charge is 2.24. The molecule has 0 aromatic heterocycles. The van der Waals surface area contributed by atoms with Crippen LogP contribution in [0.2, 0.25) is 0 Å². The highest BCUT2D eigenvalue weighted by molar-refractivity contribution is 5.78. The monoisotopic (exact) mass is 213 g/mol. The van der Waals surface area contributed by atoms with Gasteiger partial charge in [-0.25, -0.2) is 0 Å². The van der Waals surface area contributed by atoms with E-state index in [-0.39, 0.29) is 11.4 Å². The van der Waals surface area contributed by atoms with Crippen molar-refractivity contribution in [1.29, 1.82) is 0 Å². The molecular formula is C11H23N3O. The molecule has 0 aromatic rings. The molecule has 4 nitrogen and oxygen atoms in total. The number of likely N-dealkylation sites (tertiary alicyclic amines) is 1. The van der Waals surface area contributed by atoms with Gasteiger partial charge in [-0.15, -0.1) is 0 Å². The maximum absolute atomic E-state index is 11.6. The number of carbonyl (C=O) groups excluding carboxylic acids is 1. The van der Waals surface area contributed by atoms with Crippen molar-refractivity contribution in [3.05, 3.63) is 0 Å². The molecule has 1 unspecified atom stereocenters. The first kappa shape index (κ1) is 12.5. The van der Waals surface area contributed by atoms with Crippen LogP contribution in [0.1, 0.15) is 27.2 Å². The van der Waals surface area contributed by atoms with Crippen molar-refractivity contribution >= 4 is 5.91 Å². The van der Waals surface area contributed by atoms with Crippen molar-refractivity contribution in [2.24, 2.45) is 11.7 Å². The molecule has 1 saturated heterocycles. The van der Waals surface area contributed by atoms with Gasteiger partial charge >= 0.3 is 0 Å². The molecule has 1 aliphatic heterocycles. The second kappa shape index (κ2) is 4.94. The van der Waals surface area contributed by atoms with Gasteiger partial charge in [-0.2, -0.15) is 0 Å². The van der Waals surface area contributed by atoms with Crippen molar-refractivity contribution in [2.75, 3.05) is 26.2 Å². The van der Waals surface area contributed by atoms with Crippen LogP contribution in [0.15, 0.2) is 0 Å². The summed E-state index contributed by atoms with van der Waals surface area (Å²) in [6.07, 6.45) is 1.12. The van der Waals surface area contributed by atoms with E-state index in [9.17, 15) is 4.79 Å². The van der Waals surface area contributed by atoms with Gasteiger partial charge in [0.2, 0.25) is 5.91 Å². The Hall–Kier alpha value is -0.610. The normalized spacial score (nSPS) is 23.1. The molecule has 88 valence electrons. The van der Waals surface area contributed by atoms with Crippen LogP contribution >= 0.6 is 0 Å². The van der Waals surface area contributed by atoms with E-state index in [1.54, 1.807) is 0 Å². The molecule has 15 heavy (non-hydrogen) atoms. The van der Waals surface area contributed by atoms with Gasteiger partial charge in [0, 0.05) is 12.1 Å². The van der Waals surface area contributed by atoms with E-state index < -0.39 is 0 Å². The second-order valence-electron chi connectivity index (χ2n) is 5.42. The molecule has 1 atom stereocenters. The second-order valence-corrected chi connectivity index (χ2v) is 5.42. The minimum absolute atomic E-state index is 0.111. The maximum Gasteiger partial charge on any atom is 0.234 e. The van der Waals surface area contributed by atoms with E-state index in [1.807, 2.05) is 20.8 Å². The van der Waals surface area contributed by atoms with E-state index in [1.165, 1.54) is 0 Å². The minimum Gasteiger partial charge on any atom is -0.350 e. The number of carbonyl (C=O) groups is 1. The molecular weight excluding hydrogens is 190 g/mol. The van der Waals surface area contributed by atoms with Gasteiger partial charge < -0.3 is 11.1 Å². The summed E-state index contributed by atoms with van der Waals surface area (Å²) in [7, 11) is 0. The van der Waals surface area contributed by atoms with Gasteiger partial charge in [0.15, 0.2) is 0 Å². The molecule has 1 amide bonds. The molecule has 4 heteroatoms. The molecule has 0 aromatic carbocycles. The summed E-state index contributed by atoms with van der Waals surface area (Å²) < 4.78 is 0. The Morgan fingerprint density at radius 1 is 1.53 bits per heavy atom. The van der Waals surface area contributed by atoms with Gasteiger partial charge in [0.05, 0.1) is 6.54 Å². The van der Waals surface area contributed by atoms with Crippen LogP contribution < -0.4 is 11.1 Å². The summed E-state index contributed by atoms with van der Waals surface area (Å²) in [4.78, 5) is 13.8. The fraction of sp³-hybridized carbons (Fsp3) is 0.909. The number of rotatable bonds is 3. The van der Waals surface area contributed by atoms with Crippen LogP contribution in [-0.2, 0) is 4.79 Å². The number of amides is 1. The van der Waals surface area contributed by atoms with E-state index >= 15 is 0 Å². The number of hydrogen-bond donors (Lipinski definition) is 2. The van der Waals surface area contributed by atoms with Crippen molar-refractivity contribution in [3.8, 4) is 0 Å². The molecule has 0 saturated carbocycles. The molecule has 1 fully saturated rings. The summed E-state index contributed by atoms with van der Waals surface area (Å²) in [5.74, 6) is 0.688. The molecule has 0 bridgehead atoms. The van der Waals surface area contributed by atoms with Crippen LogP contribution in [0.25, 0.3) is 0 Å². The maximum atomic E-state index is 11.6. The molecule has 0 aliphatic carbocycles. The lowest BCUT2D eigenvalue weighted by molar-refractivity contribution is -0.123. The Balaban J connectivity index is 2.28. The topological polar surface area (TPSA) is 58.4 Å². The van der Waals surface area contributed by atoms with Crippen LogP contribution in [0.3, 0.4) is 0 Å². The summed E-state index contributed by atoms with van der Waals surface area (Å²) in [6, 6.07) is 0. The summed E-state index contributed by atoms with van der Waals surface area (Å²) in [5, 5.41) is 2.97. The first-order valence-corrected chi connectivity index (χ1v) is 5.64. The molecule has 1 rings (SSSR count). The Morgan fingerprint density at radius 3 is 2.67 bits per heavy atom. The Labute approximate surface area is 92.2 Å². The zero-order chi connectivity index (χ0) is 11.5. The van der Waals surface area contributed by atoms with E-state index in [4.69, 9.17) is 5.73 Å². The average Bonchev–Trinajstić information content (AvgIpc) is 2.48. The van der Waals surface area contributed by atoms with Gasteiger partial charge in [0.25, 0.3) is 0 Å². The van der Waals surface area contributed by atoms with Gasteiger partial charge in [-0.05, 0) is 46.2 Å². The Bertz CT molecular complexity index is 222. The van der Waals surface area contributed by atoms with E-state index in [2.05, 4.69) is 10.2 Å². The number of nitrogens with zero attached hydrogens (tertiary/aromatic N) is 1. The standard InChI is InChI=1S/C11H23N3O/c1-11(2,3)13-10(15)8-14-5-4-9(6-12)7-14/h9H,4-8,12H2,1-3H3,(H,13,15). The molecule has 1 heterocycles. The molecule has 3 N–H and O–H groups in total.